The van der Waals surface area contributed by atoms with Gasteiger partial charge in [0.25, 0.3) is 0 Å². The zero-order valence-corrected chi connectivity index (χ0v) is 10.0. The molecule has 1 aliphatic rings. The summed E-state index contributed by atoms with van der Waals surface area (Å²) in [4.78, 5) is 18.7. The van der Waals surface area contributed by atoms with Crippen LogP contribution < -0.4 is 10.6 Å². The molecule has 0 aliphatic carbocycles. The van der Waals surface area contributed by atoms with Crippen molar-refractivity contribution in [2.75, 3.05) is 19.6 Å². The highest BCUT2D eigenvalue weighted by atomic mass is 16.1. The molecule has 1 fully saturated rings. The first-order chi connectivity index (χ1) is 8.34. The van der Waals surface area contributed by atoms with E-state index in [1.54, 1.807) is 12.4 Å². The molecule has 1 aromatic rings. The highest BCUT2D eigenvalue weighted by Gasteiger charge is 2.15. The second-order valence-corrected chi connectivity index (χ2v) is 4.53. The smallest absolute Gasteiger partial charge is 0.220 e. The maximum absolute atomic E-state index is 11.6. The van der Waals surface area contributed by atoms with E-state index in [0.29, 0.717) is 18.9 Å². The Hall–Kier alpha value is -1.36. The largest absolute Gasteiger partial charge is 0.356 e. The summed E-state index contributed by atoms with van der Waals surface area (Å²) in [7, 11) is 0. The van der Waals surface area contributed by atoms with Crippen LogP contribution in [-0.2, 0) is 11.2 Å². The van der Waals surface area contributed by atoms with Gasteiger partial charge in [-0.3, -0.25) is 4.79 Å². The lowest BCUT2D eigenvalue weighted by Crippen LogP contribution is -2.26. The molecule has 94 valence electrons. The van der Waals surface area contributed by atoms with Crippen molar-refractivity contribution in [1.82, 2.24) is 20.6 Å². The van der Waals surface area contributed by atoms with Gasteiger partial charge in [0, 0.05) is 31.8 Å². The van der Waals surface area contributed by atoms with E-state index in [4.69, 9.17) is 0 Å². The third kappa shape index (κ3) is 4.19. The summed E-state index contributed by atoms with van der Waals surface area (Å²) in [6.45, 7) is 2.83. The summed E-state index contributed by atoms with van der Waals surface area (Å²) in [6.07, 6.45) is 7.14. The number of amides is 1. The first-order valence-corrected chi connectivity index (χ1v) is 6.30. The Kier molecular flexibility index (Phi) is 4.55. The first kappa shape index (κ1) is 12.1. The molecule has 2 heterocycles. The highest BCUT2D eigenvalue weighted by Crippen LogP contribution is 2.13. The van der Waals surface area contributed by atoms with Gasteiger partial charge < -0.3 is 15.6 Å². The lowest BCUT2D eigenvalue weighted by atomic mass is 10.0. The maximum atomic E-state index is 11.6. The molecule has 0 bridgehead atoms. The average Bonchev–Trinajstić information content (AvgIpc) is 2.99. The minimum atomic E-state index is 0.156. The highest BCUT2D eigenvalue weighted by molar-refractivity contribution is 5.75. The minimum absolute atomic E-state index is 0.156. The van der Waals surface area contributed by atoms with Crippen molar-refractivity contribution in [1.29, 1.82) is 0 Å². The van der Waals surface area contributed by atoms with Crippen molar-refractivity contribution < 1.29 is 4.79 Å². The zero-order valence-electron chi connectivity index (χ0n) is 10.0. The van der Waals surface area contributed by atoms with E-state index in [2.05, 4.69) is 20.6 Å². The lowest BCUT2D eigenvalue weighted by Gasteiger charge is -2.08. The molecule has 0 aromatic carbocycles. The van der Waals surface area contributed by atoms with Gasteiger partial charge in [-0.05, 0) is 31.8 Å². The van der Waals surface area contributed by atoms with Gasteiger partial charge in [0.15, 0.2) is 0 Å². The molecule has 17 heavy (non-hydrogen) atoms. The normalized spacial score (nSPS) is 19.4. The molecule has 3 N–H and O–H groups in total. The van der Waals surface area contributed by atoms with Gasteiger partial charge in [-0.15, -0.1) is 0 Å². The summed E-state index contributed by atoms with van der Waals surface area (Å²) in [5, 5.41) is 6.24. The van der Waals surface area contributed by atoms with Crippen LogP contribution in [0.3, 0.4) is 0 Å². The molecule has 1 atom stereocenters. The van der Waals surface area contributed by atoms with Crippen LogP contribution in [-0.4, -0.2) is 35.5 Å². The molecule has 1 saturated heterocycles. The van der Waals surface area contributed by atoms with Crippen LogP contribution in [0.4, 0.5) is 0 Å². The molecule has 0 spiro atoms. The van der Waals surface area contributed by atoms with E-state index in [0.717, 1.165) is 31.8 Å². The van der Waals surface area contributed by atoms with E-state index in [1.165, 1.54) is 6.42 Å². The van der Waals surface area contributed by atoms with E-state index in [-0.39, 0.29) is 5.91 Å². The Morgan fingerprint density at radius 2 is 2.53 bits per heavy atom. The van der Waals surface area contributed by atoms with Crippen LogP contribution in [0.15, 0.2) is 12.4 Å². The van der Waals surface area contributed by atoms with Crippen molar-refractivity contribution in [3.8, 4) is 0 Å². The minimum Gasteiger partial charge on any atom is -0.356 e. The van der Waals surface area contributed by atoms with E-state index in [9.17, 15) is 4.79 Å². The van der Waals surface area contributed by atoms with Gasteiger partial charge in [0.05, 0.1) is 0 Å². The summed E-state index contributed by atoms with van der Waals surface area (Å²) in [6, 6.07) is 0. The number of H-pyrrole nitrogens is 1. The average molecular weight is 236 g/mol. The molecular formula is C12H20N4O. The van der Waals surface area contributed by atoms with E-state index in [1.807, 2.05) is 0 Å². The Morgan fingerprint density at radius 3 is 3.24 bits per heavy atom. The van der Waals surface area contributed by atoms with Gasteiger partial charge in [-0.25, -0.2) is 4.98 Å². The molecule has 2 rings (SSSR count). The standard InChI is InChI=1S/C12H20N4O/c17-12(2-1-10-3-5-13-9-10)16-6-4-11-14-7-8-15-11/h7-8,10,13H,1-6,9H2,(H,14,15)(H,16,17). The number of aromatic amines is 1. The number of carbonyl (C=O) groups is 1. The number of rotatable bonds is 6. The Labute approximate surface area is 101 Å². The van der Waals surface area contributed by atoms with Crippen molar-refractivity contribution in [2.45, 2.75) is 25.7 Å². The van der Waals surface area contributed by atoms with Crippen molar-refractivity contribution in [2.24, 2.45) is 5.92 Å². The van der Waals surface area contributed by atoms with Crippen molar-refractivity contribution >= 4 is 5.91 Å². The summed E-state index contributed by atoms with van der Waals surface area (Å²) in [5.74, 6) is 1.76. The number of nitrogens with zero attached hydrogens (tertiary/aromatic N) is 1. The summed E-state index contributed by atoms with van der Waals surface area (Å²) < 4.78 is 0. The Morgan fingerprint density at radius 1 is 1.59 bits per heavy atom. The SMILES string of the molecule is O=C(CCC1CCNC1)NCCc1ncc[nH]1. The molecular weight excluding hydrogens is 216 g/mol. The predicted molar refractivity (Wildman–Crippen MR) is 65.5 cm³/mol. The fourth-order valence-corrected chi connectivity index (χ4v) is 2.14. The topological polar surface area (TPSA) is 69.8 Å². The van der Waals surface area contributed by atoms with Crippen LogP contribution >= 0.6 is 0 Å². The van der Waals surface area contributed by atoms with Crippen molar-refractivity contribution in [3.05, 3.63) is 18.2 Å². The molecule has 1 unspecified atom stereocenters. The Bertz CT molecular complexity index is 330. The van der Waals surface area contributed by atoms with Crippen LogP contribution in [0.1, 0.15) is 25.1 Å². The van der Waals surface area contributed by atoms with Crippen LogP contribution in [0.2, 0.25) is 0 Å². The van der Waals surface area contributed by atoms with Gasteiger partial charge >= 0.3 is 0 Å². The third-order valence-corrected chi connectivity index (χ3v) is 3.18. The second-order valence-electron chi connectivity index (χ2n) is 4.53. The fraction of sp³-hybridized carbons (Fsp3) is 0.667. The number of nitrogens with one attached hydrogen (secondary N) is 3. The fourth-order valence-electron chi connectivity index (χ4n) is 2.14. The summed E-state index contributed by atoms with van der Waals surface area (Å²) in [5.41, 5.74) is 0. The molecule has 5 heteroatoms. The van der Waals surface area contributed by atoms with Gasteiger partial charge in [0.1, 0.15) is 5.82 Å². The first-order valence-electron chi connectivity index (χ1n) is 6.30. The van der Waals surface area contributed by atoms with Crippen molar-refractivity contribution in [3.63, 3.8) is 0 Å². The molecule has 5 nitrogen and oxygen atoms in total. The lowest BCUT2D eigenvalue weighted by molar-refractivity contribution is -0.121. The van der Waals surface area contributed by atoms with Crippen LogP contribution in [0, 0.1) is 5.92 Å². The second kappa shape index (κ2) is 6.39. The summed E-state index contributed by atoms with van der Waals surface area (Å²) >= 11 is 0. The number of carbonyl (C=O) groups excluding carboxylic acids is 1. The molecule has 0 radical (unpaired) electrons. The Balaban J connectivity index is 1.54. The third-order valence-electron chi connectivity index (χ3n) is 3.18. The zero-order chi connectivity index (χ0) is 11.9. The molecule has 1 aliphatic heterocycles. The number of aromatic nitrogens is 2. The number of hydrogen-bond donors (Lipinski definition) is 3. The monoisotopic (exact) mass is 236 g/mol. The van der Waals surface area contributed by atoms with Gasteiger partial charge in [-0.1, -0.05) is 0 Å². The quantitative estimate of drug-likeness (QED) is 0.672. The molecule has 1 amide bonds. The molecule has 1 aromatic heterocycles. The van der Waals surface area contributed by atoms with E-state index < -0.39 is 0 Å². The van der Waals surface area contributed by atoms with E-state index >= 15 is 0 Å². The number of imidazole rings is 1. The molecule has 0 saturated carbocycles. The maximum Gasteiger partial charge on any atom is 0.220 e. The predicted octanol–water partition coefficient (Wildman–Crippen LogP) is 0.458. The number of hydrogen-bond acceptors (Lipinski definition) is 3. The van der Waals surface area contributed by atoms with Crippen LogP contribution in [0.5, 0.6) is 0 Å². The van der Waals surface area contributed by atoms with Gasteiger partial charge in [-0.2, -0.15) is 0 Å². The van der Waals surface area contributed by atoms with Crippen LogP contribution in [0.25, 0.3) is 0 Å². The van der Waals surface area contributed by atoms with Gasteiger partial charge in [0.2, 0.25) is 5.91 Å².